The zero-order valence-electron chi connectivity index (χ0n) is 19.3. The van der Waals surface area contributed by atoms with Gasteiger partial charge in [0.05, 0.1) is 12.2 Å². The molecule has 5 nitrogen and oxygen atoms in total. The van der Waals surface area contributed by atoms with Crippen LogP contribution in [0.4, 0.5) is 0 Å². The summed E-state index contributed by atoms with van der Waals surface area (Å²) >= 11 is 0. The molecule has 0 aliphatic heterocycles. The Morgan fingerprint density at radius 3 is 2.28 bits per heavy atom. The Morgan fingerprint density at radius 2 is 1.62 bits per heavy atom. The summed E-state index contributed by atoms with van der Waals surface area (Å²) in [4.78, 5) is 12.0. The molecule has 0 saturated heterocycles. The normalized spacial score (nSPS) is 24.0. The van der Waals surface area contributed by atoms with Crippen LogP contribution in [0.5, 0.6) is 0 Å². The van der Waals surface area contributed by atoms with Gasteiger partial charge in [0.25, 0.3) is 5.79 Å². The Morgan fingerprint density at radius 1 is 1.00 bits per heavy atom. The van der Waals surface area contributed by atoms with Gasteiger partial charge in [0, 0.05) is 13.5 Å². The quantitative estimate of drug-likeness (QED) is 0.202. The van der Waals surface area contributed by atoms with Crippen LogP contribution in [0.25, 0.3) is 0 Å². The first-order valence-corrected chi connectivity index (χ1v) is 12.0. The van der Waals surface area contributed by atoms with E-state index in [1.807, 2.05) is 0 Å². The Labute approximate surface area is 178 Å². The van der Waals surface area contributed by atoms with E-state index in [1.165, 1.54) is 52.1 Å². The summed E-state index contributed by atoms with van der Waals surface area (Å²) in [6.07, 6.45) is 14.7. The number of aliphatic hydroxyl groups excluding tert-OH is 1. The second kappa shape index (κ2) is 14.4. The third-order valence-corrected chi connectivity index (χ3v) is 6.41. The molecule has 0 amide bonds. The lowest BCUT2D eigenvalue weighted by atomic mass is 9.85. The predicted octanol–water partition coefficient (Wildman–Crippen LogP) is 5.36. The first-order valence-electron chi connectivity index (χ1n) is 12.0. The minimum atomic E-state index is -1.85. The number of ether oxygens (including phenoxy) is 2. The van der Waals surface area contributed by atoms with E-state index in [0.29, 0.717) is 18.3 Å². The number of aliphatic hydroxyl groups is 2. The molecule has 1 saturated carbocycles. The molecule has 0 aromatic rings. The number of hydrogen-bond acceptors (Lipinski definition) is 5. The minimum Gasteiger partial charge on any atom is -0.459 e. The summed E-state index contributed by atoms with van der Waals surface area (Å²) in [7, 11) is 1.34. The van der Waals surface area contributed by atoms with Gasteiger partial charge in [-0.15, -0.1) is 0 Å². The molecule has 1 aliphatic carbocycles. The van der Waals surface area contributed by atoms with Crippen molar-refractivity contribution in [3.8, 4) is 0 Å². The van der Waals surface area contributed by atoms with Crippen LogP contribution < -0.4 is 0 Å². The monoisotopic (exact) mass is 414 g/mol. The highest BCUT2D eigenvalue weighted by Crippen LogP contribution is 2.39. The standard InChI is InChI=1S/C24H46O5/c1-5-6-7-8-9-11-14-20-16-17-22(25)21(20)15-12-10-13-18-24(27,28-4)23(26)29-19(2)3/h19-22,25,27H,5-18H2,1-4H3/t20-,21+,22-,24?/m0/s1. The molecule has 172 valence electrons. The van der Waals surface area contributed by atoms with Crippen LogP contribution in [0.2, 0.25) is 0 Å². The third kappa shape index (κ3) is 9.80. The first-order chi connectivity index (χ1) is 13.8. The van der Waals surface area contributed by atoms with E-state index in [4.69, 9.17) is 9.47 Å². The lowest BCUT2D eigenvalue weighted by molar-refractivity contribution is -0.225. The molecule has 2 N–H and O–H groups in total. The van der Waals surface area contributed by atoms with Crippen molar-refractivity contribution in [1.29, 1.82) is 0 Å². The Hall–Kier alpha value is -0.650. The molecular formula is C24H46O5. The maximum absolute atomic E-state index is 12.0. The average molecular weight is 415 g/mol. The maximum Gasteiger partial charge on any atom is 0.366 e. The summed E-state index contributed by atoms with van der Waals surface area (Å²) in [6.45, 7) is 5.75. The van der Waals surface area contributed by atoms with Crippen LogP contribution >= 0.6 is 0 Å². The maximum atomic E-state index is 12.0. The zero-order chi connectivity index (χ0) is 21.7. The Balaban J connectivity index is 2.27. The molecule has 29 heavy (non-hydrogen) atoms. The summed E-state index contributed by atoms with van der Waals surface area (Å²) in [6, 6.07) is 0. The fourth-order valence-electron chi connectivity index (χ4n) is 4.62. The van der Waals surface area contributed by atoms with Crippen molar-refractivity contribution >= 4 is 5.97 Å². The number of unbranched alkanes of at least 4 members (excludes halogenated alkanes) is 7. The van der Waals surface area contributed by atoms with Crippen LogP contribution in [0.1, 0.15) is 111 Å². The summed E-state index contributed by atoms with van der Waals surface area (Å²) in [5, 5.41) is 20.8. The Bertz CT molecular complexity index is 439. The van der Waals surface area contributed by atoms with E-state index in [1.54, 1.807) is 13.8 Å². The lowest BCUT2D eigenvalue weighted by Crippen LogP contribution is -2.43. The van der Waals surface area contributed by atoms with E-state index in [9.17, 15) is 15.0 Å². The van der Waals surface area contributed by atoms with Crippen LogP contribution in [0, 0.1) is 11.8 Å². The fraction of sp³-hybridized carbons (Fsp3) is 0.958. The van der Waals surface area contributed by atoms with Crippen molar-refractivity contribution in [3.05, 3.63) is 0 Å². The molecule has 0 aromatic heterocycles. The van der Waals surface area contributed by atoms with Gasteiger partial charge in [-0.25, -0.2) is 4.79 Å². The molecular weight excluding hydrogens is 368 g/mol. The first kappa shape index (κ1) is 26.4. The van der Waals surface area contributed by atoms with Crippen LogP contribution in [0.15, 0.2) is 0 Å². The van der Waals surface area contributed by atoms with Crippen LogP contribution in [-0.4, -0.2) is 41.3 Å². The second-order valence-corrected chi connectivity index (χ2v) is 9.17. The number of hydrogen-bond donors (Lipinski definition) is 2. The van der Waals surface area contributed by atoms with Gasteiger partial charge in [0.15, 0.2) is 0 Å². The van der Waals surface area contributed by atoms with E-state index < -0.39 is 11.8 Å². The van der Waals surface area contributed by atoms with Gasteiger partial charge in [-0.1, -0.05) is 64.7 Å². The fourth-order valence-corrected chi connectivity index (χ4v) is 4.62. The minimum absolute atomic E-state index is 0.156. The molecule has 0 aromatic carbocycles. The van der Waals surface area contributed by atoms with Gasteiger partial charge < -0.3 is 19.7 Å². The highest BCUT2D eigenvalue weighted by Gasteiger charge is 2.38. The zero-order valence-corrected chi connectivity index (χ0v) is 19.3. The molecule has 1 aliphatic rings. The summed E-state index contributed by atoms with van der Waals surface area (Å²) < 4.78 is 10.1. The van der Waals surface area contributed by atoms with Gasteiger partial charge in [-0.05, 0) is 51.4 Å². The van der Waals surface area contributed by atoms with E-state index in [0.717, 1.165) is 32.1 Å². The van der Waals surface area contributed by atoms with Gasteiger partial charge in [-0.3, -0.25) is 0 Å². The SMILES string of the molecule is CCCCCCCC[C@H]1CC[C@H](O)[C@@H]1CCCCCC(O)(OC)C(=O)OC(C)C. The average Bonchev–Trinajstić information content (AvgIpc) is 3.03. The molecule has 1 fully saturated rings. The highest BCUT2D eigenvalue weighted by molar-refractivity contribution is 5.77. The van der Waals surface area contributed by atoms with E-state index in [-0.39, 0.29) is 18.6 Å². The van der Waals surface area contributed by atoms with E-state index in [2.05, 4.69) is 6.92 Å². The number of carbonyl (C=O) groups is 1. The van der Waals surface area contributed by atoms with Gasteiger partial charge in [0.1, 0.15) is 0 Å². The van der Waals surface area contributed by atoms with Crippen molar-refractivity contribution < 1.29 is 24.5 Å². The van der Waals surface area contributed by atoms with Crippen LogP contribution in [-0.2, 0) is 14.3 Å². The molecule has 0 heterocycles. The summed E-state index contributed by atoms with van der Waals surface area (Å²) in [5.74, 6) is -1.48. The highest BCUT2D eigenvalue weighted by atomic mass is 16.7. The Kier molecular flexibility index (Phi) is 13.1. The van der Waals surface area contributed by atoms with Crippen molar-refractivity contribution in [3.63, 3.8) is 0 Å². The van der Waals surface area contributed by atoms with Gasteiger partial charge in [0.2, 0.25) is 0 Å². The summed E-state index contributed by atoms with van der Waals surface area (Å²) in [5.41, 5.74) is 0. The number of methoxy groups -OCH3 is 1. The second-order valence-electron chi connectivity index (χ2n) is 9.17. The lowest BCUT2D eigenvalue weighted by Gasteiger charge is -2.25. The molecule has 1 rings (SSSR count). The van der Waals surface area contributed by atoms with Crippen molar-refractivity contribution in [1.82, 2.24) is 0 Å². The topological polar surface area (TPSA) is 76.0 Å². The largest absolute Gasteiger partial charge is 0.459 e. The van der Waals surface area contributed by atoms with Crippen LogP contribution in [0.3, 0.4) is 0 Å². The third-order valence-electron chi connectivity index (χ3n) is 6.41. The molecule has 1 unspecified atom stereocenters. The van der Waals surface area contributed by atoms with Gasteiger partial charge >= 0.3 is 5.97 Å². The smallest absolute Gasteiger partial charge is 0.366 e. The predicted molar refractivity (Wildman–Crippen MR) is 116 cm³/mol. The van der Waals surface area contributed by atoms with Crippen molar-refractivity contribution in [2.45, 2.75) is 129 Å². The number of rotatable bonds is 16. The number of carbonyl (C=O) groups excluding carboxylic acids is 1. The molecule has 0 radical (unpaired) electrons. The van der Waals surface area contributed by atoms with Crippen molar-refractivity contribution in [2.75, 3.05) is 7.11 Å². The molecule has 4 atom stereocenters. The van der Waals surface area contributed by atoms with Gasteiger partial charge in [-0.2, -0.15) is 0 Å². The number of esters is 1. The molecule has 0 spiro atoms. The van der Waals surface area contributed by atoms with E-state index >= 15 is 0 Å². The van der Waals surface area contributed by atoms with Crippen molar-refractivity contribution in [2.24, 2.45) is 11.8 Å². The molecule has 5 heteroatoms. The molecule has 0 bridgehead atoms.